The average molecular weight is 427 g/mol. The molecule has 1 fully saturated rings. The van der Waals surface area contributed by atoms with Gasteiger partial charge in [0.2, 0.25) is 5.91 Å². The number of halogens is 1. The van der Waals surface area contributed by atoms with Crippen molar-refractivity contribution in [2.45, 2.75) is 51.4 Å². The average Bonchev–Trinajstić information content (AvgIpc) is 3.18. The summed E-state index contributed by atoms with van der Waals surface area (Å²) in [5, 5.41) is 12.8. The summed E-state index contributed by atoms with van der Waals surface area (Å²) in [6, 6.07) is 4.69. The largest absolute Gasteiger partial charge is 0.480 e. The van der Waals surface area contributed by atoms with E-state index in [1.165, 1.54) is 4.90 Å². The first-order valence-electron chi connectivity index (χ1n) is 9.61. The number of benzene rings is 1. The summed E-state index contributed by atoms with van der Waals surface area (Å²) in [5.41, 5.74) is 0.891. The van der Waals surface area contributed by atoms with E-state index in [-0.39, 0.29) is 25.7 Å². The van der Waals surface area contributed by atoms with Gasteiger partial charge in [-0.3, -0.25) is 14.9 Å². The molecule has 1 heterocycles. The molecule has 0 saturated carbocycles. The molecule has 0 aromatic heterocycles. The Labute approximate surface area is 175 Å². The molecule has 1 aliphatic heterocycles. The molecule has 0 bridgehead atoms. The van der Waals surface area contributed by atoms with Crippen LogP contribution in [-0.4, -0.2) is 65.7 Å². The predicted octanol–water partition coefficient (Wildman–Crippen LogP) is 1.84. The van der Waals surface area contributed by atoms with Gasteiger partial charge in [-0.2, -0.15) is 0 Å². The topological polar surface area (TPSA) is 105 Å². The zero-order valence-electron chi connectivity index (χ0n) is 16.6. The zero-order chi connectivity index (χ0) is 21.4. The van der Waals surface area contributed by atoms with Crippen molar-refractivity contribution >= 4 is 29.4 Å². The quantitative estimate of drug-likeness (QED) is 0.550. The van der Waals surface area contributed by atoms with E-state index in [4.69, 9.17) is 21.1 Å². The highest BCUT2D eigenvalue weighted by atomic mass is 35.5. The van der Waals surface area contributed by atoms with E-state index >= 15 is 0 Å². The van der Waals surface area contributed by atoms with Gasteiger partial charge in [0, 0.05) is 11.6 Å². The van der Waals surface area contributed by atoms with Crippen molar-refractivity contribution < 1.29 is 29.0 Å². The van der Waals surface area contributed by atoms with Crippen molar-refractivity contribution in [1.29, 1.82) is 0 Å². The molecule has 160 valence electrons. The second-order valence-electron chi connectivity index (χ2n) is 6.86. The highest BCUT2D eigenvalue weighted by Gasteiger charge is 2.37. The summed E-state index contributed by atoms with van der Waals surface area (Å²) in [4.78, 5) is 37.7. The number of hydrogen-bond donors (Lipinski definition) is 2. The minimum atomic E-state index is -1.02. The molecule has 29 heavy (non-hydrogen) atoms. The number of likely N-dealkylation sites (tertiary alicyclic amines) is 1. The molecular weight excluding hydrogens is 400 g/mol. The van der Waals surface area contributed by atoms with Crippen LogP contribution in [0.2, 0.25) is 5.02 Å². The van der Waals surface area contributed by atoms with E-state index in [1.807, 2.05) is 12.1 Å². The Hall–Kier alpha value is -2.16. The van der Waals surface area contributed by atoms with E-state index in [2.05, 4.69) is 5.32 Å². The number of esters is 1. The Morgan fingerprint density at radius 2 is 2.00 bits per heavy atom. The highest BCUT2D eigenvalue weighted by molar-refractivity contribution is 6.30. The molecule has 1 aliphatic rings. The number of carboxylic acid groups (broad SMARTS) is 1. The fourth-order valence-electron chi connectivity index (χ4n) is 3.21. The van der Waals surface area contributed by atoms with Gasteiger partial charge in [-0.15, -0.1) is 0 Å². The molecule has 9 heteroatoms. The first-order valence-corrected chi connectivity index (χ1v) is 9.99. The van der Waals surface area contributed by atoms with Gasteiger partial charge in [-0.1, -0.05) is 23.7 Å². The smallest absolute Gasteiger partial charge is 0.326 e. The van der Waals surface area contributed by atoms with Crippen LogP contribution in [0.1, 0.15) is 32.3 Å². The molecule has 8 nitrogen and oxygen atoms in total. The first kappa shape index (κ1) is 23.1. The maximum atomic E-state index is 12.7. The van der Waals surface area contributed by atoms with E-state index in [0.717, 1.165) is 5.56 Å². The number of amides is 1. The monoisotopic (exact) mass is 426 g/mol. The maximum Gasteiger partial charge on any atom is 0.326 e. The predicted molar refractivity (Wildman–Crippen MR) is 106 cm³/mol. The fourth-order valence-corrected chi connectivity index (χ4v) is 3.34. The standard InChI is InChI=1S/C20H27ClN2O6/c1-3-29-20(27)16(12-28-11-14-6-8-15(21)9-7-14)22-13(2)18(24)23-10-4-5-17(23)19(25)26/h6-9,13,16-17,22H,3-5,10-12H2,1-2H3,(H,25,26)/t13-,16?,17-/m0/s1. The SMILES string of the molecule is CCOC(=O)C(COCc1ccc(Cl)cc1)N[C@@H](C)C(=O)N1CCC[C@H]1C(=O)O. The van der Waals surface area contributed by atoms with E-state index in [1.54, 1.807) is 26.0 Å². The number of ether oxygens (including phenoxy) is 2. The van der Waals surface area contributed by atoms with Crippen LogP contribution in [0.5, 0.6) is 0 Å². The maximum absolute atomic E-state index is 12.7. The number of carbonyl (C=O) groups excluding carboxylic acids is 2. The van der Waals surface area contributed by atoms with Crippen LogP contribution in [0.4, 0.5) is 0 Å². The normalized spacial score (nSPS) is 18.3. The van der Waals surface area contributed by atoms with Crippen LogP contribution in [0.3, 0.4) is 0 Å². The van der Waals surface area contributed by atoms with Crippen LogP contribution in [0.25, 0.3) is 0 Å². The number of aliphatic carboxylic acids is 1. The van der Waals surface area contributed by atoms with Gasteiger partial charge in [0.25, 0.3) is 0 Å². The third-order valence-corrected chi connectivity index (χ3v) is 4.93. The van der Waals surface area contributed by atoms with Crippen LogP contribution >= 0.6 is 11.6 Å². The molecule has 0 radical (unpaired) electrons. The zero-order valence-corrected chi connectivity index (χ0v) is 17.4. The molecule has 1 aromatic carbocycles. The summed E-state index contributed by atoms with van der Waals surface area (Å²) in [6.45, 7) is 4.15. The van der Waals surface area contributed by atoms with E-state index in [0.29, 0.717) is 24.4 Å². The van der Waals surface area contributed by atoms with E-state index in [9.17, 15) is 19.5 Å². The lowest BCUT2D eigenvalue weighted by molar-refractivity contribution is -0.151. The van der Waals surface area contributed by atoms with Crippen molar-refractivity contribution in [2.24, 2.45) is 0 Å². The van der Waals surface area contributed by atoms with Gasteiger partial charge < -0.3 is 19.5 Å². The van der Waals surface area contributed by atoms with Gasteiger partial charge in [0.05, 0.1) is 25.9 Å². The summed E-state index contributed by atoms with van der Waals surface area (Å²) < 4.78 is 10.7. The number of nitrogens with one attached hydrogen (secondary N) is 1. The summed E-state index contributed by atoms with van der Waals surface area (Å²) in [7, 11) is 0. The summed E-state index contributed by atoms with van der Waals surface area (Å²) in [5.74, 6) is -1.90. The second-order valence-corrected chi connectivity index (χ2v) is 7.30. The molecule has 3 atom stereocenters. The minimum Gasteiger partial charge on any atom is -0.480 e. The number of hydrogen-bond acceptors (Lipinski definition) is 6. The van der Waals surface area contributed by atoms with Crippen molar-refractivity contribution in [3.8, 4) is 0 Å². The van der Waals surface area contributed by atoms with Crippen molar-refractivity contribution in [1.82, 2.24) is 10.2 Å². The Morgan fingerprint density at radius 3 is 2.62 bits per heavy atom. The Bertz CT molecular complexity index is 711. The van der Waals surface area contributed by atoms with Crippen LogP contribution in [-0.2, 0) is 30.5 Å². The van der Waals surface area contributed by atoms with Crippen LogP contribution in [0.15, 0.2) is 24.3 Å². The number of nitrogens with zero attached hydrogens (tertiary/aromatic N) is 1. The number of carboxylic acids is 1. The first-order chi connectivity index (χ1) is 13.8. The lowest BCUT2D eigenvalue weighted by Crippen LogP contribution is -2.54. The van der Waals surface area contributed by atoms with Gasteiger partial charge in [-0.05, 0) is 44.4 Å². The van der Waals surface area contributed by atoms with Gasteiger partial charge in [0.15, 0.2) is 0 Å². The third-order valence-electron chi connectivity index (χ3n) is 4.68. The molecule has 0 spiro atoms. The fraction of sp³-hybridized carbons (Fsp3) is 0.550. The van der Waals surface area contributed by atoms with Gasteiger partial charge in [0.1, 0.15) is 12.1 Å². The number of carbonyl (C=O) groups is 3. The number of rotatable bonds is 10. The molecule has 0 aliphatic carbocycles. The van der Waals surface area contributed by atoms with Gasteiger partial charge >= 0.3 is 11.9 Å². The Balaban J connectivity index is 1.95. The third kappa shape index (κ3) is 6.69. The summed E-state index contributed by atoms with van der Waals surface area (Å²) in [6.07, 6.45) is 1.07. The van der Waals surface area contributed by atoms with Gasteiger partial charge in [-0.25, -0.2) is 4.79 Å². The van der Waals surface area contributed by atoms with Crippen LogP contribution in [0, 0.1) is 0 Å². The Morgan fingerprint density at radius 1 is 1.31 bits per heavy atom. The Kier molecular flexibility index (Phi) is 8.88. The molecule has 2 rings (SSSR count). The minimum absolute atomic E-state index is 0.00143. The molecule has 1 aromatic rings. The molecular formula is C20H27ClN2O6. The molecule has 1 saturated heterocycles. The highest BCUT2D eigenvalue weighted by Crippen LogP contribution is 2.18. The van der Waals surface area contributed by atoms with E-state index < -0.39 is 30.1 Å². The molecule has 1 amide bonds. The van der Waals surface area contributed by atoms with Crippen LogP contribution < -0.4 is 5.32 Å². The van der Waals surface area contributed by atoms with Crippen molar-refractivity contribution in [2.75, 3.05) is 19.8 Å². The lowest BCUT2D eigenvalue weighted by Gasteiger charge is -2.27. The lowest BCUT2D eigenvalue weighted by atomic mass is 10.2. The van der Waals surface area contributed by atoms with Crippen molar-refractivity contribution in [3.63, 3.8) is 0 Å². The summed E-state index contributed by atoms with van der Waals surface area (Å²) >= 11 is 5.86. The second kappa shape index (κ2) is 11.1. The molecule has 2 N–H and O–H groups in total. The van der Waals surface area contributed by atoms with Crippen molar-refractivity contribution in [3.05, 3.63) is 34.9 Å². The molecule has 1 unspecified atom stereocenters.